The number of halogens is 1. The summed E-state index contributed by atoms with van der Waals surface area (Å²) in [5.41, 5.74) is 3.11. The fourth-order valence-corrected chi connectivity index (χ4v) is 5.25. The second-order valence-corrected chi connectivity index (χ2v) is 8.60. The van der Waals surface area contributed by atoms with E-state index in [0.717, 1.165) is 23.2 Å². The first-order chi connectivity index (χ1) is 15.7. The lowest BCUT2D eigenvalue weighted by Gasteiger charge is -2.18. The minimum absolute atomic E-state index is 0. The van der Waals surface area contributed by atoms with Crippen molar-refractivity contribution >= 4 is 41.8 Å². The van der Waals surface area contributed by atoms with E-state index in [1.807, 2.05) is 30.3 Å². The molecule has 3 aliphatic rings. The molecule has 1 aromatic heterocycles. The Morgan fingerprint density at radius 3 is 2.48 bits per heavy atom. The summed E-state index contributed by atoms with van der Waals surface area (Å²) in [5.74, 6) is 0.837. The van der Waals surface area contributed by atoms with Gasteiger partial charge in [-0.2, -0.15) is 0 Å². The third-order valence-corrected chi connectivity index (χ3v) is 6.76. The molecule has 1 saturated heterocycles. The Balaban J connectivity index is 0.00000259. The Hall–Kier alpha value is -2.75. The molecule has 8 heteroatoms. The molecule has 2 amide bonds. The minimum Gasteiger partial charge on any atom is -0.355 e. The molecule has 2 fully saturated rings. The normalized spacial score (nSPS) is 25.2. The number of fused-ring (bicyclic) bond motifs is 5. The van der Waals surface area contributed by atoms with E-state index in [1.165, 1.54) is 4.90 Å². The molecule has 1 aromatic carbocycles. The lowest BCUT2D eigenvalue weighted by molar-refractivity contribution is -0.140. The number of aromatic nitrogens is 1. The van der Waals surface area contributed by atoms with Crippen LogP contribution in [0.3, 0.4) is 0 Å². The largest absolute Gasteiger partial charge is 0.355 e. The van der Waals surface area contributed by atoms with Crippen LogP contribution in [0.5, 0.6) is 0 Å². The van der Waals surface area contributed by atoms with Crippen molar-refractivity contribution in [2.45, 2.75) is 13.0 Å². The van der Waals surface area contributed by atoms with Crippen LogP contribution in [0.4, 0.5) is 0 Å². The maximum Gasteiger partial charge on any atom is 0.233 e. The highest BCUT2D eigenvalue weighted by Crippen LogP contribution is 2.52. The minimum atomic E-state index is -0.138. The number of carbonyl (C=O) groups excluding carboxylic acids is 2. The summed E-state index contributed by atoms with van der Waals surface area (Å²) in [6, 6.07) is 14.1. The van der Waals surface area contributed by atoms with E-state index in [-0.39, 0.29) is 59.5 Å². The van der Waals surface area contributed by atoms with Crippen LogP contribution in [0.15, 0.2) is 65.8 Å². The summed E-state index contributed by atoms with van der Waals surface area (Å²) in [6.07, 6.45) is 6.98. The number of nitrogens with one attached hydrogen (secondary N) is 2. The number of nitrogens with zero attached hydrogens (tertiary/aromatic N) is 3. The number of carbonyl (C=O) groups is 2. The zero-order valence-electron chi connectivity index (χ0n) is 18.5. The van der Waals surface area contributed by atoms with Crippen molar-refractivity contribution < 1.29 is 9.59 Å². The van der Waals surface area contributed by atoms with Gasteiger partial charge in [0.1, 0.15) is 0 Å². The monoisotopic (exact) mass is 557 g/mol. The van der Waals surface area contributed by atoms with Crippen molar-refractivity contribution in [1.29, 1.82) is 0 Å². The van der Waals surface area contributed by atoms with Crippen LogP contribution >= 0.6 is 24.0 Å². The Morgan fingerprint density at radius 2 is 1.82 bits per heavy atom. The average Bonchev–Trinajstić information content (AvgIpc) is 3.52. The van der Waals surface area contributed by atoms with Crippen molar-refractivity contribution in [3.05, 3.63) is 66.4 Å². The second kappa shape index (κ2) is 10.0. The summed E-state index contributed by atoms with van der Waals surface area (Å²) in [7, 11) is 1.71. The van der Waals surface area contributed by atoms with E-state index < -0.39 is 0 Å². The Kier molecular flexibility index (Phi) is 7.11. The highest BCUT2D eigenvalue weighted by Gasteiger charge is 2.58. The SMILES string of the molecule is CN=C(NCCN1C(=O)C2C3C=CC(C3)C2C1=O)NCc1cccc(-c2ccccn2)c1.I. The number of benzene rings is 1. The van der Waals surface area contributed by atoms with Crippen molar-refractivity contribution in [2.75, 3.05) is 20.1 Å². The first-order valence-electron chi connectivity index (χ1n) is 11.1. The van der Waals surface area contributed by atoms with Gasteiger partial charge in [-0.1, -0.05) is 36.4 Å². The molecule has 1 saturated carbocycles. The van der Waals surface area contributed by atoms with Crippen LogP contribution < -0.4 is 10.6 Å². The lowest BCUT2D eigenvalue weighted by Crippen LogP contribution is -2.43. The molecule has 0 spiro atoms. The van der Waals surface area contributed by atoms with Crippen LogP contribution in [0.25, 0.3) is 11.3 Å². The number of imide groups is 1. The number of likely N-dealkylation sites (tertiary alicyclic amines) is 1. The molecule has 5 rings (SSSR count). The highest BCUT2D eigenvalue weighted by molar-refractivity contribution is 14.0. The van der Waals surface area contributed by atoms with E-state index in [4.69, 9.17) is 0 Å². The summed E-state index contributed by atoms with van der Waals surface area (Å²) >= 11 is 0. The third-order valence-electron chi connectivity index (χ3n) is 6.76. The summed E-state index contributed by atoms with van der Waals surface area (Å²) in [4.78, 5) is 35.7. The second-order valence-electron chi connectivity index (χ2n) is 8.60. The smallest absolute Gasteiger partial charge is 0.233 e. The Bertz CT molecular complexity index is 1060. The van der Waals surface area contributed by atoms with Gasteiger partial charge < -0.3 is 10.6 Å². The van der Waals surface area contributed by atoms with E-state index in [9.17, 15) is 9.59 Å². The van der Waals surface area contributed by atoms with E-state index in [2.05, 4.69) is 44.9 Å². The van der Waals surface area contributed by atoms with Crippen molar-refractivity contribution in [3.8, 4) is 11.3 Å². The lowest BCUT2D eigenvalue weighted by atomic mass is 9.85. The number of aliphatic imine (C=N–C) groups is 1. The predicted molar refractivity (Wildman–Crippen MR) is 138 cm³/mol. The summed E-state index contributed by atoms with van der Waals surface area (Å²) < 4.78 is 0. The molecule has 2 aromatic rings. The van der Waals surface area contributed by atoms with Crippen LogP contribution in [0.2, 0.25) is 0 Å². The average molecular weight is 557 g/mol. The Labute approximate surface area is 210 Å². The third kappa shape index (κ3) is 4.53. The van der Waals surface area contributed by atoms with Gasteiger partial charge in [0.05, 0.1) is 17.5 Å². The number of guanidine groups is 1. The molecule has 2 bridgehead atoms. The molecule has 1 aliphatic heterocycles. The zero-order valence-corrected chi connectivity index (χ0v) is 20.8. The zero-order chi connectivity index (χ0) is 22.1. The van der Waals surface area contributed by atoms with Crippen LogP contribution in [-0.2, 0) is 16.1 Å². The quantitative estimate of drug-likeness (QED) is 0.188. The van der Waals surface area contributed by atoms with Gasteiger partial charge in [-0.15, -0.1) is 24.0 Å². The van der Waals surface area contributed by atoms with E-state index >= 15 is 0 Å². The molecular formula is C25H28IN5O2. The molecule has 2 N–H and O–H groups in total. The number of hydrogen-bond acceptors (Lipinski definition) is 4. The first kappa shape index (κ1) is 23.4. The van der Waals surface area contributed by atoms with Gasteiger partial charge in [0, 0.05) is 38.4 Å². The molecule has 33 heavy (non-hydrogen) atoms. The van der Waals surface area contributed by atoms with Gasteiger partial charge in [0.2, 0.25) is 11.8 Å². The highest BCUT2D eigenvalue weighted by atomic mass is 127. The fourth-order valence-electron chi connectivity index (χ4n) is 5.25. The molecule has 2 aliphatic carbocycles. The van der Waals surface area contributed by atoms with E-state index in [0.29, 0.717) is 25.6 Å². The van der Waals surface area contributed by atoms with Gasteiger partial charge >= 0.3 is 0 Å². The molecular weight excluding hydrogens is 529 g/mol. The standard InChI is InChI=1S/C25H27N5O2.HI/c1-26-25(29-15-16-5-4-6-17(13-16)20-7-2-3-10-27-20)28-11-12-30-23(31)21-18-8-9-19(14-18)22(21)24(30)32;/h2-10,13,18-19,21-22H,11-12,14-15H2,1H3,(H2,26,28,29);1H. The molecule has 2 heterocycles. The van der Waals surface area contributed by atoms with Gasteiger partial charge in [0.25, 0.3) is 0 Å². The maximum atomic E-state index is 12.8. The predicted octanol–water partition coefficient (Wildman–Crippen LogP) is 2.84. The van der Waals surface area contributed by atoms with Gasteiger partial charge in [-0.25, -0.2) is 0 Å². The number of hydrogen-bond donors (Lipinski definition) is 2. The number of pyridine rings is 1. The van der Waals surface area contributed by atoms with Crippen molar-refractivity contribution in [2.24, 2.45) is 28.7 Å². The van der Waals surface area contributed by atoms with Crippen LogP contribution in [-0.4, -0.2) is 47.8 Å². The van der Waals surface area contributed by atoms with Crippen LogP contribution in [0, 0.1) is 23.7 Å². The topological polar surface area (TPSA) is 86.7 Å². The number of amides is 2. The molecule has 0 radical (unpaired) electrons. The molecule has 172 valence electrons. The van der Waals surface area contributed by atoms with Crippen LogP contribution in [0.1, 0.15) is 12.0 Å². The summed E-state index contributed by atoms with van der Waals surface area (Å²) in [6.45, 7) is 1.42. The molecule has 4 atom stereocenters. The van der Waals surface area contributed by atoms with Crippen molar-refractivity contribution in [1.82, 2.24) is 20.5 Å². The first-order valence-corrected chi connectivity index (χ1v) is 11.1. The van der Waals surface area contributed by atoms with Gasteiger partial charge in [-0.05, 0) is 42.0 Å². The number of rotatable bonds is 6. The molecule has 7 nitrogen and oxygen atoms in total. The summed E-state index contributed by atoms with van der Waals surface area (Å²) in [5, 5.41) is 6.52. The Morgan fingerprint density at radius 1 is 1.06 bits per heavy atom. The maximum absolute atomic E-state index is 12.8. The van der Waals surface area contributed by atoms with Gasteiger partial charge in [0.15, 0.2) is 5.96 Å². The fraction of sp³-hybridized carbons (Fsp3) is 0.360. The molecule has 4 unspecified atom stereocenters. The van der Waals surface area contributed by atoms with E-state index in [1.54, 1.807) is 13.2 Å². The van der Waals surface area contributed by atoms with Crippen molar-refractivity contribution in [3.63, 3.8) is 0 Å². The van der Waals surface area contributed by atoms with Gasteiger partial charge in [-0.3, -0.25) is 24.5 Å². The number of allylic oxidation sites excluding steroid dienone is 2.